The number of rotatable bonds is 17. The van der Waals surface area contributed by atoms with Crippen molar-refractivity contribution < 1.29 is 35.2 Å². The molecule has 0 N–H and O–H groups in total. The molecule has 2 aromatic carbocycles. The van der Waals surface area contributed by atoms with Gasteiger partial charge in [-0.15, -0.1) is 0 Å². The van der Waals surface area contributed by atoms with Crippen LogP contribution in [0.3, 0.4) is 0 Å². The van der Waals surface area contributed by atoms with E-state index in [4.69, 9.17) is 23.3 Å². The number of hydrogen-bond acceptors (Lipinski definition) is 14. The molecule has 18 nitrogen and oxygen atoms in total. The van der Waals surface area contributed by atoms with Gasteiger partial charge in [-0.1, -0.05) is 47.6 Å². The minimum Gasteiger partial charge on any atom is -0.497 e. The number of anilines is 2. The topological polar surface area (TPSA) is 188 Å². The predicted octanol–water partition coefficient (Wildman–Crippen LogP) is 6.63. The number of sulfonamides is 2. The van der Waals surface area contributed by atoms with Gasteiger partial charge in [0.2, 0.25) is 20.0 Å². The lowest BCUT2D eigenvalue weighted by molar-refractivity contribution is 0.282. The molecule has 398 valence electrons. The Bertz CT molecular complexity index is 2830. The van der Waals surface area contributed by atoms with Crippen molar-refractivity contribution in [2.24, 2.45) is 0 Å². The van der Waals surface area contributed by atoms with Crippen LogP contribution >= 0.6 is 0 Å². The summed E-state index contributed by atoms with van der Waals surface area (Å²) in [4.78, 5) is 40.1. The van der Waals surface area contributed by atoms with Crippen molar-refractivity contribution in [1.82, 2.24) is 27.7 Å². The molecule has 4 aromatic rings. The summed E-state index contributed by atoms with van der Waals surface area (Å²) in [5.74, 6) is 2.05. The summed E-state index contributed by atoms with van der Waals surface area (Å²) in [6.45, 7) is 26.1. The molecular weight excluding hydrogens is 993 g/mol. The Balaban J connectivity index is 0.000000267. The van der Waals surface area contributed by atoms with E-state index >= 15 is 0 Å². The van der Waals surface area contributed by atoms with Crippen molar-refractivity contribution in [3.8, 4) is 22.9 Å². The lowest BCUT2D eigenvalue weighted by Crippen LogP contribution is -2.50. The van der Waals surface area contributed by atoms with Crippen LogP contribution in [-0.2, 0) is 35.3 Å². The largest absolute Gasteiger partial charge is 0.497 e. The molecule has 0 atom stereocenters. The number of hydrogen-bond donors (Lipinski definition) is 0. The highest BCUT2D eigenvalue weighted by Crippen LogP contribution is 2.37. The van der Waals surface area contributed by atoms with Gasteiger partial charge in [0.1, 0.15) is 11.5 Å². The van der Waals surface area contributed by atoms with Crippen LogP contribution in [0.25, 0.3) is 17.5 Å². The van der Waals surface area contributed by atoms with Crippen LogP contribution < -0.4 is 30.4 Å². The Hall–Kier alpha value is -4.69. The van der Waals surface area contributed by atoms with E-state index in [-0.39, 0.29) is 21.2 Å². The highest BCUT2D eigenvalue weighted by atomic mass is 32.2. The maximum Gasteiger partial charge on any atom is 0.298 e. The molecule has 2 fully saturated rings. The third-order valence-electron chi connectivity index (χ3n) is 14.0. The molecule has 6 rings (SSSR count). The van der Waals surface area contributed by atoms with Crippen LogP contribution in [0.15, 0.2) is 76.6 Å². The summed E-state index contributed by atoms with van der Waals surface area (Å²) >= 11 is 0. The molecule has 0 saturated carbocycles. The fraction of sp³-hybridized carbons (Fsp3) is 0.560. The van der Waals surface area contributed by atoms with E-state index < -0.39 is 36.7 Å². The summed E-state index contributed by atoms with van der Waals surface area (Å²) in [7, 11) is -7.06. The number of aryl methyl sites for hydroxylation is 1. The van der Waals surface area contributed by atoms with Gasteiger partial charge < -0.3 is 28.1 Å². The molecule has 0 unspecified atom stereocenters. The normalized spacial score (nSPS) is 15.9. The maximum atomic E-state index is 13.5. The van der Waals surface area contributed by atoms with Crippen LogP contribution in [0.5, 0.6) is 11.5 Å². The second-order valence-corrected chi connectivity index (χ2v) is 34.9. The van der Waals surface area contributed by atoms with Gasteiger partial charge in [0.05, 0.1) is 44.7 Å². The molecular formula is C50H78N8O10S2Si2. The van der Waals surface area contributed by atoms with Crippen LogP contribution in [0.2, 0.25) is 36.3 Å². The summed E-state index contributed by atoms with van der Waals surface area (Å²) in [5.41, 5.74) is 2.33. The Morgan fingerprint density at radius 2 is 1.00 bits per heavy atom. The van der Waals surface area contributed by atoms with Crippen molar-refractivity contribution in [2.45, 2.75) is 90.6 Å². The van der Waals surface area contributed by atoms with Crippen molar-refractivity contribution in [3.05, 3.63) is 99.1 Å². The Morgan fingerprint density at radius 3 is 1.40 bits per heavy atom. The maximum absolute atomic E-state index is 13.5. The SMILES string of the molecule is COc1ccc(-n2cc(/C=C/CO[Si](C)(C)C(C)(C)C)nc(N3CCN(S(C)(=O)=O)CC3)c2=O)cc1.COc1ccc(-n2cc(CCCO[Si](C)(C)C(C)(C)C)nc(N3CCN(S(C)(=O)=O)CC3)c2=O)cc1. The number of benzene rings is 2. The van der Waals surface area contributed by atoms with Gasteiger partial charge in [-0.05, 0) is 104 Å². The first kappa shape index (κ1) is 58.2. The van der Waals surface area contributed by atoms with E-state index in [1.54, 1.807) is 47.9 Å². The Labute approximate surface area is 430 Å². The van der Waals surface area contributed by atoms with Gasteiger partial charge in [0.25, 0.3) is 11.1 Å². The zero-order valence-corrected chi connectivity index (χ0v) is 48.5. The van der Waals surface area contributed by atoms with Gasteiger partial charge in [0, 0.05) is 82.7 Å². The third kappa shape index (κ3) is 15.2. The van der Waals surface area contributed by atoms with Crippen molar-refractivity contribution in [3.63, 3.8) is 0 Å². The van der Waals surface area contributed by atoms with Crippen molar-refractivity contribution in [2.75, 3.05) is 102 Å². The van der Waals surface area contributed by atoms with E-state index in [0.29, 0.717) is 107 Å². The first-order valence-electron chi connectivity index (χ1n) is 24.4. The third-order valence-corrected chi connectivity index (χ3v) is 25.7. The molecule has 0 spiro atoms. The minimum absolute atomic E-state index is 0.113. The molecule has 2 aromatic heterocycles. The zero-order chi connectivity index (χ0) is 53.5. The highest BCUT2D eigenvalue weighted by molar-refractivity contribution is 7.88. The van der Waals surface area contributed by atoms with Gasteiger partial charge in [-0.25, -0.2) is 26.8 Å². The molecule has 4 heterocycles. The summed E-state index contributed by atoms with van der Waals surface area (Å²) in [5, 5.41) is 0.260. The average Bonchev–Trinajstić information content (AvgIpc) is 3.31. The fourth-order valence-corrected chi connectivity index (χ4v) is 11.1. The number of piperazine rings is 2. The van der Waals surface area contributed by atoms with Gasteiger partial charge in [0.15, 0.2) is 28.3 Å². The average molecular weight is 1070 g/mol. The summed E-state index contributed by atoms with van der Waals surface area (Å²) < 4.78 is 76.8. The van der Waals surface area contributed by atoms with Crippen LogP contribution in [0.1, 0.15) is 59.4 Å². The summed E-state index contributed by atoms with van der Waals surface area (Å²) in [6.07, 6.45) is 11.2. The molecule has 72 heavy (non-hydrogen) atoms. The van der Waals surface area contributed by atoms with Gasteiger partial charge >= 0.3 is 0 Å². The molecule has 0 bridgehead atoms. The van der Waals surface area contributed by atoms with E-state index in [2.05, 4.69) is 72.7 Å². The first-order valence-corrected chi connectivity index (χ1v) is 33.9. The fourth-order valence-electron chi connectivity index (χ4n) is 7.41. The smallest absolute Gasteiger partial charge is 0.298 e. The van der Waals surface area contributed by atoms with E-state index in [1.165, 1.54) is 21.1 Å². The number of aromatic nitrogens is 4. The standard InChI is InChI=1S/C25H40N4O5SSi.C25H38N4O5SSi/c2*1-25(2,3)36(6,7)34-18-8-9-20-19-29(21-10-12-22(33-4)13-11-21)24(30)23(26-20)27-14-16-28(17-15-27)35(5,31)32/h10-13,19H,8-9,14-18H2,1-7H3;8-13,19H,14-18H2,1-7H3/b;9-8+. The second kappa shape index (κ2) is 23.7. The minimum atomic E-state index is -3.28. The zero-order valence-electron chi connectivity index (χ0n) is 44.9. The highest BCUT2D eigenvalue weighted by Gasteiger charge is 2.38. The van der Waals surface area contributed by atoms with Crippen molar-refractivity contribution >= 4 is 54.4 Å². The molecule has 2 aliphatic rings. The molecule has 2 saturated heterocycles. The summed E-state index contributed by atoms with van der Waals surface area (Å²) in [6, 6.07) is 14.6. The van der Waals surface area contributed by atoms with Crippen LogP contribution in [-0.4, -0.2) is 153 Å². The second-order valence-electron chi connectivity index (χ2n) is 21.3. The molecule has 2 aliphatic heterocycles. The Morgan fingerprint density at radius 1 is 0.597 bits per heavy atom. The van der Waals surface area contributed by atoms with E-state index in [9.17, 15) is 26.4 Å². The van der Waals surface area contributed by atoms with E-state index in [1.807, 2.05) is 58.4 Å². The quantitative estimate of drug-likeness (QED) is 0.0809. The monoisotopic (exact) mass is 1070 g/mol. The number of ether oxygens (including phenoxy) is 2. The molecule has 0 radical (unpaired) electrons. The molecule has 0 aliphatic carbocycles. The van der Waals surface area contributed by atoms with Crippen LogP contribution in [0.4, 0.5) is 11.6 Å². The number of methoxy groups -OCH3 is 2. The lowest BCUT2D eigenvalue weighted by atomic mass is 10.2. The molecule has 0 amide bonds. The van der Waals surface area contributed by atoms with Crippen molar-refractivity contribution in [1.29, 1.82) is 0 Å². The molecule has 22 heteroatoms. The van der Waals surface area contributed by atoms with Crippen LogP contribution in [0, 0.1) is 0 Å². The van der Waals surface area contributed by atoms with Gasteiger partial charge in [-0.3, -0.25) is 18.7 Å². The van der Waals surface area contributed by atoms with E-state index in [0.717, 1.165) is 17.8 Å². The predicted molar refractivity (Wildman–Crippen MR) is 294 cm³/mol. The van der Waals surface area contributed by atoms with Gasteiger partial charge in [-0.2, -0.15) is 8.61 Å². The first-order chi connectivity index (χ1) is 33.5. The lowest BCUT2D eigenvalue weighted by Gasteiger charge is -2.36. The Kier molecular flexibility index (Phi) is 19.1. The number of nitrogens with zero attached hydrogens (tertiary/aromatic N) is 8.